The van der Waals surface area contributed by atoms with Crippen molar-refractivity contribution >= 4 is 34.0 Å². The summed E-state index contributed by atoms with van der Waals surface area (Å²) in [6.45, 7) is 8.32. The summed E-state index contributed by atoms with van der Waals surface area (Å²) in [5.74, 6) is 0.200. The van der Waals surface area contributed by atoms with E-state index in [1.807, 2.05) is 73.7 Å². The van der Waals surface area contributed by atoms with Gasteiger partial charge in [0.05, 0.1) is 0 Å². The molecule has 5 heteroatoms. The molecule has 0 aliphatic carbocycles. The number of amides is 2. The topological polar surface area (TPSA) is 67.4 Å². The molecule has 1 atom stereocenters. The van der Waals surface area contributed by atoms with Gasteiger partial charge >= 0.3 is 0 Å². The fourth-order valence-electron chi connectivity index (χ4n) is 3.95. The maximum Gasteiger partial charge on any atom is 0.265 e. The molecule has 4 aromatic rings. The van der Waals surface area contributed by atoms with Gasteiger partial charge in [0.15, 0.2) is 6.10 Å². The van der Waals surface area contributed by atoms with Crippen LogP contribution in [0.2, 0.25) is 0 Å². The van der Waals surface area contributed by atoms with E-state index in [-0.39, 0.29) is 17.2 Å². The standard InChI is InChI=1S/C31H32N2O3/c1-5-28(36-27-18-15-21-9-6-7-10-23(21)19-27)30(35)33-26-12-8-11-25(20-26)32-29(34)22-13-16-24(17-14-22)31(2,3)4/h6-20,28H,5H2,1-4H3,(H,32,34)(H,33,35)/t28-/m0/s1. The van der Waals surface area contributed by atoms with E-state index < -0.39 is 6.10 Å². The second-order valence-corrected chi connectivity index (χ2v) is 9.88. The average Bonchev–Trinajstić information content (AvgIpc) is 2.87. The van der Waals surface area contributed by atoms with Gasteiger partial charge in [-0.2, -0.15) is 0 Å². The van der Waals surface area contributed by atoms with Crippen molar-refractivity contribution in [3.05, 3.63) is 102 Å². The van der Waals surface area contributed by atoms with Crippen LogP contribution in [-0.4, -0.2) is 17.9 Å². The zero-order valence-corrected chi connectivity index (χ0v) is 21.2. The summed E-state index contributed by atoms with van der Waals surface area (Å²) >= 11 is 0. The molecule has 0 aromatic heterocycles. The summed E-state index contributed by atoms with van der Waals surface area (Å²) in [5.41, 5.74) is 2.95. The first-order chi connectivity index (χ1) is 17.2. The maximum atomic E-state index is 13.0. The lowest BCUT2D eigenvalue weighted by Crippen LogP contribution is -2.32. The molecule has 0 aliphatic heterocycles. The molecule has 36 heavy (non-hydrogen) atoms. The smallest absolute Gasteiger partial charge is 0.265 e. The number of ether oxygens (including phenoxy) is 1. The van der Waals surface area contributed by atoms with Gasteiger partial charge in [0.2, 0.25) is 0 Å². The maximum absolute atomic E-state index is 13.0. The zero-order chi connectivity index (χ0) is 25.7. The van der Waals surface area contributed by atoms with Gasteiger partial charge < -0.3 is 15.4 Å². The number of hydrogen-bond donors (Lipinski definition) is 2. The van der Waals surface area contributed by atoms with Crippen LogP contribution in [0.15, 0.2) is 91.0 Å². The molecule has 4 rings (SSSR count). The van der Waals surface area contributed by atoms with Crippen LogP contribution in [0, 0.1) is 0 Å². The van der Waals surface area contributed by atoms with Crippen LogP contribution in [0.1, 0.15) is 50.0 Å². The van der Waals surface area contributed by atoms with Gasteiger partial charge in [-0.15, -0.1) is 0 Å². The number of carbonyl (C=O) groups is 2. The Hall–Kier alpha value is -4.12. The highest BCUT2D eigenvalue weighted by molar-refractivity contribution is 6.04. The Balaban J connectivity index is 1.40. The minimum Gasteiger partial charge on any atom is -0.481 e. The van der Waals surface area contributed by atoms with E-state index in [0.717, 1.165) is 10.8 Å². The lowest BCUT2D eigenvalue weighted by Gasteiger charge is -2.19. The normalized spacial score (nSPS) is 12.1. The number of nitrogens with one attached hydrogen (secondary N) is 2. The molecular formula is C31H32N2O3. The van der Waals surface area contributed by atoms with Gasteiger partial charge in [-0.1, -0.05) is 76.2 Å². The predicted octanol–water partition coefficient (Wildman–Crippen LogP) is 7.19. The van der Waals surface area contributed by atoms with Crippen molar-refractivity contribution in [1.29, 1.82) is 0 Å². The molecule has 4 aromatic carbocycles. The van der Waals surface area contributed by atoms with Crippen molar-refractivity contribution < 1.29 is 14.3 Å². The van der Waals surface area contributed by atoms with Gasteiger partial charge in [0.1, 0.15) is 5.75 Å². The third-order valence-corrected chi connectivity index (χ3v) is 6.06. The molecule has 184 valence electrons. The Labute approximate surface area is 212 Å². The molecular weight excluding hydrogens is 448 g/mol. The molecule has 0 saturated carbocycles. The molecule has 2 N–H and O–H groups in total. The summed E-state index contributed by atoms with van der Waals surface area (Å²) in [6, 6.07) is 28.5. The summed E-state index contributed by atoms with van der Waals surface area (Å²) in [7, 11) is 0. The Kier molecular flexibility index (Phi) is 7.39. The van der Waals surface area contributed by atoms with Crippen molar-refractivity contribution in [2.24, 2.45) is 0 Å². The first kappa shape index (κ1) is 25.0. The van der Waals surface area contributed by atoms with E-state index in [1.165, 1.54) is 5.56 Å². The van der Waals surface area contributed by atoms with Crippen molar-refractivity contribution in [1.82, 2.24) is 0 Å². The first-order valence-corrected chi connectivity index (χ1v) is 12.2. The first-order valence-electron chi connectivity index (χ1n) is 12.2. The Bertz CT molecular complexity index is 1370. The second kappa shape index (κ2) is 10.6. The van der Waals surface area contributed by atoms with Crippen molar-refractivity contribution in [3.8, 4) is 5.75 Å². The minimum atomic E-state index is -0.647. The van der Waals surface area contributed by atoms with Crippen LogP contribution in [0.4, 0.5) is 11.4 Å². The van der Waals surface area contributed by atoms with Crippen molar-refractivity contribution in [3.63, 3.8) is 0 Å². The molecule has 0 heterocycles. The van der Waals surface area contributed by atoms with Crippen LogP contribution < -0.4 is 15.4 Å². The molecule has 0 bridgehead atoms. The molecule has 0 saturated heterocycles. The fraction of sp³-hybridized carbons (Fsp3) is 0.226. The number of hydrogen-bond acceptors (Lipinski definition) is 3. The number of anilines is 2. The van der Waals surface area contributed by atoms with E-state index >= 15 is 0 Å². The van der Waals surface area contributed by atoms with Gasteiger partial charge in [-0.05, 0) is 70.6 Å². The Morgan fingerprint density at radius 3 is 2.11 bits per heavy atom. The molecule has 2 amide bonds. The number of benzene rings is 4. The lowest BCUT2D eigenvalue weighted by atomic mass is 9.87. The van der Waals surface area contributed by atoms with Gasteiger partial charge in [-0.3, -0.25) is 9.59 Å². The van der Waals surface area contributed by atoms with Crippen molar-refractivity contribution in [2.45, 2.75) is 45.6 Å². The van der Waals surface area contributed by atoms with Gasteiger partial charge in [0, 0.05) is 16.9 Å². The zero-order valence-electron chi connectivity index (χ0n) is 21.2. The third kappa shape index (κ3) is 6.11. The quantitative estimate of drug-likeness (QED) is 0.294. The van der Waals surface area contributed by atoms with Crippen LogP contribution >= 0.6 is 0 Å². The van der Waals surface area contributed by atoms with Crippen LogP contribution in [0.25, 0.3) is 10.8 Å². The molecule has 5 nitrogen and oxygen atoms in total. The Morgan fingerprint density at radius 1 is 0.778 bits per heavy atom. The van der Waals surface area contributed by atoms with Crippen LogP contribution in [0.3, 0.4) is 0 Å². The monoisotopic (exact) mass is 480 g/mol. The molecule has 0 unspecified atom stereocenters. The average molecular weight is 481 g/mol. The second-order valence-electron chi connectivity index (χ2n) is 9.88. The van der Waals surface area contributed by atoms with E-state index in [4.69, 9.17) is 4.74 Å². The highest BCUT2D eigenvalue weighted by Crippen LogP contribution is 2.24. The van der Waals surface area contributed by atoms with E-state index in [2.05, 4.69) is 31.4 Å². The van der Waals surface area contributed by atoms with E-state index in [0.29, 0.717) is 29.1 Å². The minimum absolute atomic E-state index is 0.0237. The SMILES string of the molecule is CC[C@H](Oc1ccc2ccccc2c1)C(=O)Nc1cccc(NC(=O)c2ccc(C(C)(C)C)cc2)c1. The third-order valence-electron chi connectivity index (χ3n) is 6.06. The largest absolute Gasteiger partial charge is 0.481 e. The molecule has 0 fully saturated rings. The van der Waals surface area contributed by atoms with E-state index in [9.17, 15) is 9.59 Å². The van der Waals surface area contributed by atoms with Gasteiger partial charge in [-0.25, -0.2) is 0 Å². The summed E-state index contributed by atoms with van der Waals surface area (Å²) in [5, 5.41) is 8.00. The molecule has 0 radical (unpaired) electrons. The molecule has 0 spiro atoms. The molecule has 0 aliphatic rings. The summed E-state index contributed by atoms with van der Waals surface area (Å²) < 4.78 is 6.01. The predicted molar refractivity (Wildman–Crippen MR) is 147 cm³/mol. The Morgan fingerprint density at radius 2 is 1.44 bits per heavy atom. The number of carbonyl (C=O) groups excluding carboxylic acids is 2. The van der Waals surface area contributed by atoms with Crippen LogP contribution in [-0.2, 0) is 10.2 Å². The van der Waals surface area contributed by atoms with Crippen LogP contribution in [0.5, 0.6) is 5.75 Å². The lowest BCUT2D eigenvalue weighted by molar-refractivity contribution is -0.122. The number of fused-ring (bicyclic) bond motifs is 1. The number of rotatable bonds is 7. The van der Waals surface area contributed by atoms with Crippen molar-refractivity contribution in [2.75, 3.05) is 10.6 Å². The van der Waals surface area contributed by atoms with Gasteiger partial charge in [0.25, 0.3) is 11.8 Å². The summed E-state index contributed by atoms with van der Waals surface area (Å²) in [4.78, 5) is 25.7. The van der Waals surface area contributed by atoms with E-state index in [1.54, 1.807) is 24.3 Å². The summed E-state index contributed by atoms with van der Waals surface area (Å²) in [6.07, 6.45) is -0.134. The highest BCUT2D eigenvalue weighted by Gasteiger charge is 2.19. The fourth-order valence-corrected chi connectivity index (χ4v) is 3.95. The highest BCUT2D eigenvalue weighted by atomic mass is 16.5.